The van der Waals surface area contributed by atoms with Gasteiger partial charge in [0.05, 0.1) is 0 Å². The van der Waals surface area contributed by atoms with E-state index >= 15 is 0 Å². The number of hydrogen-bond donors (Lipinski definition) is 1. The van der Waals surface area contributed by atoms with E-state index in [9.17, 15) is 4.91 Å². The first-order valence-electron chi connectivity index (χ1n) is 7.70. The first-order valence-corrected chi connectivity index (χ1v) is 7.70. The summed E-state index contributed by atoms with van der Waals surface area (Å²) in [5.74, 6) is 0. The van der Waals surface area contributed by atoms with Gasteiger partial charge in [-0.25, -0.2) is 0 Å². The Bertz CT molecular complexity index is 229. The molecule has 1 heterocycles. The predicted octanol–water partition coefficient (Wildman–Crippen LogP) is 1.54. The van der Waals surface area contributed by atoms with Crippen LogP contribution >= 0.6 is 0 Å². The van der Waals surface area contributed by atoms with E-state index < -0.39 is 0 Å². The summed E-state index contributed by atoms with van der Waals surface area (Å²) in [4.78, 5) is 15.6. The van der Waals surface area contributed by atoms with Crippen LogP contribution in [0.3, 0.4) is 0 Å². The molecule has 0 radical (unpaired) electrons. The maximum absolute atomic E-state index is 10.7. The van der Waals surface area contributed by atoms with Gasteiger partial charge in [0, 0.05) is 45.8 Å². The first-order chi connectivity index (χ1) is 9.26. The fourth-order valence-corrected chi connectivity index (χ4v) is 2.40. The lowest BCUT2D eigenvalue weighted by atomic mass is 10.1. The molecular weight excluding hydrogens is 240 g/mol. The molecular formula is C14H30N4O. The van der Waals surface area contributed by atoms with Crippen molar-refractivity contribution in [2.24, 2.45) is 5.18 Å². The fourth-order valence-electron chi connectivity index (χ4n) is 2.40. The van der Waals surface area contributed by atoms with E-state index in [2.05, 4.69) is 34.3 Å². The van der Waals surface area contributed by atoms with Crippen LogP contribution in [0.15, 0.2) is 5.18 Å². The Hall–Kier alpha value is -0.520. The molecule has 1 atom stereocenters. The first kappa shape index (κ1) is 16.5. The lowest BCUT2D eigenvalue weighted by Gasteiger charge is -2.32. The molecule has 1 saturated heterocycles. The zero-order chi connectivity index (χ0) is 13.9. The average molecular weight is 270 g/mol. The maximum atomic E-state index is 10.7. The number of unbranched alkanes of at least 4 members (excludes halogenated alkanes) is 2. The van der Waals surface area contributed by atoms with Crippen molar-refractivity contribution < 1.29 is 0 Å². The van der Waals surface area contributed by atoms with Gasteiger partial charge in [0.25, 0.3) is 0 Å². The van der Waals surface area contributed by atoms with Gasteiger partial charge in [-0.3, -0.25) is 4.90 Å². The Balaban J connectivity index is 2.00. The van der Waals surface area contributed by atoms with Crippen LogP contribution in [0.1, 0.15) is 32.6 Å². The summed E-state index contributed by atoms with van der Waals surface area (Å²) >= 11 is 0. The van der Waals surface area contributed by atoms with E-state index in [-0.39, 0.29) is 6.04 Å². The van der Waals surface area contributed by atoms with Gasteiger partial charge < -0.3 is 10.2 Å². The van der Waals surface area contributed by atoms with Crippen LogP contribution in [-0.2, 0) is 0 Å². The summed E-state index contributed by atoms with van der Waals surface area (Å²) in [5.41, 5.74) is 0. The summed E-state index contributed by atoms with van der Waals surface area (Å²) in [6.45, 7) is 9.59. The summed E-state index contributed by atoms with van der Waals surface area (Å²) in [5, 5.41) is 6.59. The zero-order valence-electron chi connectivity index (χ0n) is 12.6. The van der Waals surface area contributed by atoms with Crippen molar-refractivity contribution >= 4 is 0 Å². The van der Waals surface area contributed by atoms with E-state index in [1.165, 1.54) is 12.8 Å². The van der Waals surface area contributed by atoms with Gasteiger partial charge in [0.15, 0.2) is 0 Å². The van der Waals surface area contributed by atoms with Gasteiger partial charge in [-0.1, -0.05) is 31.4 Å². The van der Waals surface area contributed by atoms with Crippen LogP contribution < -0.4 is 5.32 Å². The Morgan fingerprint density at radius 3 is 2.58 bits per heavy atom. The van der Waals surface area contributed by atoms with Crippen LogP contribution in [0, 0.1) is 4.91 Å². The highest BCUT2D eigenvalue weighted by molar-refractivity contribution is 4.72. The molecule has 112 valence electrons. The number of nitroso groups, excluding NO2 is 1. The van der Waals surface area contributed by atoms with E-state index in [4.69, 9.17) is 0 Å². The molecule has 1 unspecified atom stereocenters. The number of hydrogen-bond acceptors (Lipinski definition) is 5. The molecule has 1 fully saturated rings. The van der Waals surface area contributed by atoms with Crippen molar-refractivity contribution in [1.29, 1.82) is 0 Å². The Kier molecular flexibility index (Phi) is 8.95. The summed E-state index contributed by atoms with van der Waals surface area (Å²) in [6, 6.07) is -0.0426. The number of nitrogens with zero attached hydrogens (tertiary/aromatic N) is 3. The second kappa shape index (κ2) is 10.3. The highest BCUT2D eigenvalue weighted by Gasteiger charge is 2.13. The smallest absolute Gasteiger partial charge is 0.104 e. The van der Waals surface area contributed by atoms with Gasteiger partial charge in [-0.2, -0.15) is 4.91 Å². The Labute approximate surface area is 117 Å². The second-order valence-corrected chi connectivity index (χ2v) is 5.60. The molecule has 0 amide bonds. The highest BCUT2D eigenvalue weighted by Crippen LogP contribution is 2.05. The summed E-state index contributed by atoms with van der Waals surface area (Å²) in [7, 11) is 2.17. The number of rotatable bonds is 10. The third-order valence-corrected chi connectivity index (χ3v) is 3.87. The molecule has 5 heteroatoms. The largest absolute Gasteiger partial charge is 0.313 e. The molecule has 1 aliphatic heterocycles. The van der Waals surface area contributed by atoms with Crippen LogP contribution in [-0.4, -0.2) is 68.7 Å². The van der Waals surface area contributed by atoms with Gasteiger partial charge in [-0.15, -0.1) is 0 Å². The summed E-state index contributed by atoms with van der Waals surface area (Å²) < 4.78 is 0. The van der Waals surface area contributed by atoms with E-state index in [0.717, 1.165) is 58.7 Å². The topological polar surface area (TPSA) is 47.9 Å². The third-order valence-electron chi connectivity index (χ3n) is 3.87. The molecule has 1 rings (SSSR count). The molecule has 19 heavy (non-hydrogen) atoms. The van der Waals surface area contributed by atoms with Crippen LogP contribution in [0.5, 0.6) is 0 Å². The van der Waals surface area contributed by atoms with Gasteiger partial charge in [0.2, 0.25) is 0 Å². The van der Waals surface area contributed by atoms with Gasteiger partial charge in [-0.05, 0) is 13.5 Å². The molecule has 0 saturated carbocycles. The maximum Gasteiger partial charge on any atom is 0.104 e. The minimum absolute atomic E-state index is 0.0426. The number of likely N-dealkylation sites (N-methyl/N-ethyl adjacent to an activating group) is 1. The zero-order valence-corrected chi connectivity index (χ0v) is 12.6. The molecule has 5 nitrogen and oxygen atoms in total. The van der Waals surface area contributed by atoms with Crippen LogP contribution in [0.4, 0.5) is 0 Å². The van der Waals surface area contributed by atoms with E-state index in [1.807, 2.05) is 0 Å². The van der Waals surface area contributed by atoms with E-state index in [1.54, 1.807) is 0 Å². The highest BCUT2D eigenvalue weighted by atomic mass is 16.3. The minimum Gasteiger partial charge on any atom is -0.313 e. The van der Waals surface area contributed by atoms with Gasteiger partial charge >= 0.3 is 0 Å². The monoisotopic (exact) mass is 270 g/mol. The third kappa shape index (κ3) is 7.60. The van der Waals surface area contributed by atoms with Crippen molar-refractivity contribution in [3.8, 4) is 0 Å². The molecule has 1 N–H and O–H groups in total. The van der Waals surface area contributed by atoms with E-state index in [0.29, 0.717) is 0 Å². The van der Waals surface area contributed by atoms with Crippen molar-refractivity contribution in [2.75, 3.05) is 52.9 Å². The van der Waals surface area contributed by atoms with Crippen molar-refractivity contribution in [1.82, 2.24) is 15.1 Å². The minimum atomic E-state index is -0.0426. The quantitative estimate of drug-likeness (QED) is 0.483. The molecule has 0 aromatic carbocycles. The molecule has 0 bridgehead atoms. The second-order valence-electron chi connectivity index (χ2n) is 5.60. The molecule has 1 aliphatic rings. The van der Waals surface area contributed by atoms with Crippen molar-refractivity contribution in [3.05, 3.63) is 4.91 Å². The van der Waals surface area contributed by atoms with Gasteiger partial charge in [0.1, 0.15) is 6.04 Å². The molecule has 0 aromatic rings. The summed E-state index contributed by atoms with van der Waals surface area (Å²) in [6.07, 6.45) is 4.45. The molecule has 0 aromatic heterocycles. The normalized spacial score (nSPS) is 19.5. The SMILES string of the molecule is CCCCCC(CNCCN1CCN(C)CC1)N=O. The lowest BCUT2D eigenvalue weighted by molar-refractivity contribution is 0.154. The standard InChI is InChI=1S/C14H30N4O/c1-3-4-5-6-14(16-19)13-15-7-8-18-11-9-17(2)10-12-18/h14-15H,3-13H2,1-2H3. The Morgan fingerprint density at radius 2 is 1.95 bits per heavy atom. The average Bonchev–Trinajstić information content (AvgIpc) is 2.43. The lowest BCUT2D eigenvalue weighted by Crippen LogP contribution is -2.46. The van der Waals surface area contributed by atoms with Crippen molar-refractivity contribution in [2.45, 2.75) is 38.6 Å². The van der Waals surface area contributed by atoms with Crippen molar-refractivity contribution in [3.63, 3.8) is 0 Å². The van der Waals surface area contributed by atoms with Crippen LogP contribution in [0.2, 0.25) is 0 Å². The molecule has 0 spiro atoms. The predicted molar refractivity (Wildman–Crippen MR) is 80.5 cm³/mol. The number of piperazine rings is 1. The number of nitrogens with one attached hydrogen (secondary N) is 1. The Morgan fingerprint density at radius 1 is 1.21 bits per heavy atom. The van der Waals surface area contributed by atoms with Crippen LogP contribution in [0.25, 0.3) is 0 Å². The fraction of sp³-hybridized carbons (Fsp3) is 1.00. The molecule has 0 aliphatic carbocycles.